The lowest BCUT2D eigenvalue weighted by atomic mass is 9.69. The van der Waals surface area contributed by atoms with Crippen molar-refractivity contribution in [1.29, 1.82) is 0 Å². The van der Waals surface area contributed by atoms with E-state index in [4.69, 9.17) is 4.74 Å². The Hall–Kier alpha value is -0.610. The summed E-state index contributed by atoms with van der Waals surface area (Å²) in [5, 5.41) is 14.4. The molecule has 1 aliphatic rings. The topological polar surface area (TPSA) is 49.4 Å². The van der Waals surface area contributed by atoms with E-state index in [-0.39, 0.29) is 18.0 Å². The van der Waals surface area contributed by atoms with Crippen LogP contribution >= 0.6 is 0 Å². The summed E-state index contributed by atoms with van der Waals surface area (Å²) in [5.74, 6) is -0.0394. The number of nitrogens with zero attached hydrogens (tertiary/aromatic N) is 1. The molecule has 0 N–H and O–H groups in total. The summed E-state index contributed by atoms with van der Waals surface area (Å²) in [7, 11) is 0. The van der Waals surface area contributed by atoms with Gasteiger partial charge in [-0.3, -0.25) is 4.79 Å². The molecule has 1 radical (unpaired) electrons. The molecule has 0 aliphatic carbocycles. The Balaban J connectivity index is 2.12. The smallest absolute Gasteiger partial charge is 0.306 e. The fraction of sp³-hybridized carbons (Fsp3) is 0.967. The number of hydroxylamine groups is 2. The second-order valence-corrected chi connectivity index (χ2v) is 11.6. The van der Waals surface area contributed by atoms with Crippen LogP contribution in [0.5, 0.6) is 0 Å². The minimum atomic E-state index is -0.484. The Kier molecular flexibility index (Phi) is 15.7. The summed E-state index contributed by atoms with van der Waals surface area (Å²) in [6, 6.07) is 0. The van der Waals surface area contributed by atoms with Crippen molar-refractivity contribution in [1.82, 2.24) is 5.06 Å². The van der Waals surface area contributed by atoms with E-state index in [1.807, 2.05) is 13.8 Å². The number of ether oxygens (including phenoxy) is 1. The van der Waals surface area contributed by atoms with Crippen molar-refractivity contribution in [3.63, 3.8) is 0 Å². The molecule has 4 unspecified atom stereocenters. The number of rotatable bonds is 19. The Morgan fingerprint density at radius 1 is 0.765 bits per heavy atom. The number of carbonyl (C=O) groups excluding carboxylic acids is 1. The first-order valence-electron chi connectivity index (χ1n) is 14.9. The maximum Gasteiger partial charge on any atom is 0.306 e. The second kappa shape index (κ2) is 17.0. The largest absolute Gasteiger partial charge is 0.462 e. The van der Waals surface area contributed by atoms with Gasteiger partial charge in [-0.05, 0) is 33.1 Å². The van der Waals surface area contributed by atoms with E-state index in [1.165, 1.54) is 88.5 Å². The van der Waals surface area contributed by atoms with E-state index >= 15 is 0 Å². The van der Waals surface area contributed by atoms with Crippen LogP contribution in [0.1, 0.15) is 164 Å². The van der Waals surface area contributed by atoms with Crippen LogP contribution in [0.25, 0.3) is 0 Å². The number of hydrogen-bond donors (Lipinski definition) is 0. The fourth-order valence-corrected chi connectivity index (χ4v) is 5.66. The first-order chi connectivity index (χ1) is 16.2. The molecule has 1 heterocycles. The maximum absolute atomic E-state index is 13.1. The van der Waals surface area contributed by atoms with Gasteiger partial charge in [0.05, 0.1) is 11.1 Å². The molecule has 34 heavy (non-hydrogen) atoms. The number of esters is 1. The molecule has 201 valence electrons. The third-order valence-electron chi connectivity index (χ3n) is 8.88. The zero-order chi connectivity index (χ0) is 25.5. The van der Waals surface area contributed by atoms with Crippen LogP contribution in [0.15, 0.2) is 0 Å². The number of carbonyl (C=O) groups is 1. The van der Waals surface area contributed by atoms with Crippen molar-refractivity contribution in [2.24, 2.45) is 5.92 Å². The van der Waals surface area contributed by atoms with E-state index in [0.29, 0.717) is 12.8 Å². The third kappa shape index (κ3) is 10.2. The standard InChI is InChI=1S/C30H58NO3/c1-7-10-11-12-13-14-15-16-17-18-19-20-21-22-23-24-28(32)34-27-25-29(5,8-2)31(33)30(6,9-3)26(27)4/h26-27H,7-25H2,1-6H3. The van der Waals surface area contributed by atoms with Crippen molar-refractivity contribution < 1.29 is 14.7 Å². The van der Waals surface area contributed by atoms with E-state index in [9.17, 15) is 10.0 Å². The maximum atomic E-state index is 13.1. The molecule has 0 aromatic rings. The molecule has 0 aromatic heterocycles. The van der Waals surface area contributed by atoms with Gasteiger partial charge in [-0.25, -0.2) is 0 Å². The quantitative estimate of drug-likeness (QED) is 0.137. The molecule has 0 bridgehead atoms. The lowest BCUT2D eigenvalue weighted by molar-refractivity contribution is -0.324. The molecule has 4 nitrogen and oxygen atoms in total. The zero-order valence-electron chi connectivity index (χ0n) is 23.8. The Bertz CT molecular complexity index is 539. The molecular weight excluding hydrogens is 422 g/mol. The highest BCUT2D eigenvalue weighted by atomic mass is 16.5. The lowest BCUT2D eigenvalue weighted by Gasteiger charge is -2.55. The van der Waals surface area contributed by atoms with Gasteiger partial charge in [0.1, 0.15) is 6.10 Å². The van der Waals surface area contributed by atoms with Crippen molar-refractivity contribution in [3.8, 4) is 0 Å². The highest BCUT2D eigenvalue weighted by molar-refractivity contribution is 5.69. The minimum Gasteiger partial charge on any atom is -0.462 e. The molecule has 0 aromatic carbocycles. The summed E-state index contributed by atoms with van der Waals surface area (Å²) in [6.07, 6.45) is 22.4. The summed E-state index contributed by atoms with van der Waals surface area (Å²) in [4.78, 5) is 12.6. The van der Waals surface area contributed by atoms with Crippen LogP contribution in [-0.4, -0.2) is 28.2 Å². The molecule has 1 fully saturated rings. The average molecular weight is 481 g/mol. The van der Waals surface area contributed by atoms with Gasteiger partial charge in [0.25, 0.3) is 0 Å². The lowest BCUT2D eigenvalue weighted by Crippen LogP contribution is -2.66. The van der Waals surface area contributed by atoms with Gasteiger partial charge in [0.2, 0.25) is 0 Å². The average Bonchev–Trinajstić information content (AvgIpc) is 2.83. The predicted octanol–water partition coefficient (Wildman–Crippen LogP) is 9.18. The van der Waals surface area contributed by atoms with E-state index in [0.717, 1.165) is 25.7 Å². The molecule has 1 saturated heterocycles. The highest BCUT2D eigenvalue weighted by Crippen LogP contribution is 2.45. The first kappa shape index (κ1) is 31.4. The summed E-state index contributed by atoms with van der Waals surface area (Å²) in [6.45, 7) is 12.5. The third-order valence-corrected chi connectivity index (χ3v) is 8.88. The summed E-state index contributed by atoms with van der Waals surface area (Å²) < 4.78 is 5.96. The molecule has 4 heteroatoms. The molecule has 1 aliphatic heterocycles. The predicted molar refractivity (Wildman–Crippen MR) is 143 cm³/mol. The Morgan fingerprint density at radius 3 is 1.62 bits per heavy atom. The summed E-state index contributed by atoms with van der Waals surface area (Å²) >= 11 is 0. The van der Waals surface area contributed by atoms with Gasteiger partial charge in [-0.15, -0.1) is 10.3 Å². The Morgan fingerprint density at radius 2 is 1.21 bits per heavy atom. The van der Waals surface area contributed by atoms with E-state index < -0.39 is 11.1 Å². The summed E-state index contributed by atoms with van der Waals surface area (Å²) in [5.41, 5.74) is -0.945. The van der Waals surface area contributed by atoms with Gasteiger partial charge in [-0.2, -0.15) is 0 Å². The van der Waals surface area contributed by atoms with Gasteiger partial charge in [0.15, 0.2) is 0 Å². The molecule has 0 amide bonds. The van der Waals surface area contributed by atoms with Crippen molar-refractivity contribution in [2.45, 2.75) is 181 Å². The van der Waals surface area contributed by atoms with Gasteiger partial charge in [0, 0.05) is 18.8 Å². The molecule has 0 saturated carbocycles. The van der Waals surface area contributed by atoms with Crippen molar-refractivity contribution in [3.05, 3.63) is 0 Å². The fourth-order valence-electron chi connectivity index (χ4n) is 5.66. The SMILES string of the molecule is CCCCCCCCCCCCCCCCCC(=O)OC1CC(C)(CC)N([O])C(C)(CC)C1C. The highest BCUT2D eigenvalue weighted by Gasteiger charge is 2.54. The van der Waals surface area contributed by atoms with Gasteiger partial charge < -0.3 is 4.74 Å². The van der Waals surface area contributed by atoms with Gasteiger partial charge >= 0.3 is 5.97 Å². The van der Waals surface area contributed by atoms with E-state index in [2.05, 4.69) is 27.7 Å². The van der Waals surface area contributed by atoms with Crippen LogP contribution in [-0.2, 0) is 14.7 Å². The monoisotopic (exact) mass is 480 g/mol. The van der Waals surface area contributed by atoms with Crippen LogP contribution in [0.4, 0.5) is 0 Å². The minimum absolute atomic E-state index is 0.0413. The first-order valence-corrected chi connectivity index (χ1v) is 14.9. The van der Waals surface area contributed by atoms with Crippen LogP contribution in [0.3, 0.4) is 0 Å². The van der Waals surface area contributed by atoms with Crippen LogP contribution < -0.4 is 0 Å². The van der Waals surface area contributed by atoms with Crippen LogP contribution in [0, 0.1) is 5.92 Å². The molecule has 0 spiro atoms. The second-order valence-electron chi connectivity index (χ2n) is 11.6. The van der Waals surface area contributed by atoms with Crippen molar-refractivity contribution in [2.75, 3.05) is 0 Å². The Labute approximate surface area is 212 Å². The van der Waals surface area contributed by atoms with E-state index in [1.54, 1.807) is 0 Å². The normalized spacial score (nSPS) is 27.7. The molecule has 4 atom stereocenters. The van der Waals surface area contributed by atoms with Crippen LogP contribution in [0.2, 0.25) is 0 Å². The number of piperidine rings is 1. The number of unbranched alkanes of at least 4 members (excludes halogenated alkanes) is 14. The van der Waals surface area contributed by atoms with Gasteiger partial charge in [-0.1, -0.05) is 118 Å². The number of hydrogen-bond acceptors (Lipinski definition) is 3. The molecule has 1 rings (SSSR count). The zero-order valence-corrected chi connectivity index (χ0v) is 23.8. The van der Waals surface area contributed by atoms with Crippen molar-refractivity contribution >= 4 is 5.97 Å². The molecular formula is C30H58NO3.